The molecule has 1 saturated heterocycles. The topological polar surface area (TPSA) is 211 Å². The van der Waals surface area contributed by atoms with Gasteiger partial charge in [0.25, 0.3) is 0 Å². The zero-order valence-electron chi connectivity index (χ0n) is 20.6. The van der Waals surface area contributed by atoms with Crippen LogP contribution in [0.4, 0.5) is 0 Å². The molecule has 38 heavy (non-hydrogen) atoms. The first-order valence-electron chi connectivity index (χ1n) is 11.9. The van der Waals surface area contributed by atoms with Gasteiger partial charge >= 0.3 is 0 Å². The quantitative estimate of drug-likeness (QED) is 0.208. The predicted molar refractivity (Wildman–Crippen MR) is 132 cm³/mol. The first kappa shape index (κ1) is 27.6. The lowest BCUT2D eigenvalue weighted by molar-refractivity contribution is -0.277. The predicted octanol–water partition coefficient (Wildman–Crippen LogP) is 0.459. The van der Waals surface area contributed by atoms with Crippen molar-refractivity contribution in [3.05, 3.63) is 46.1 Å². The summed E-state index contributed by atoms with van der Waals surface area (Å²) in [7, 11) is 0. The molecule has 2 heterocycles. The Morgan fingerprint density at radius 1 is 1.00 bits per heavy atom. The standard InChI is InChI=1S/C26H30O12/c1-26(2,35)8-7-13-15(36-25-22(34)20(32)18(30)16(10-27)37-25)9-14(29)17-19(31)21(33)23(38-24(13)17)11-3-5-12(28)6-4-11/h3-6,9,16,18,20,22,25,27-30,32-35H,7-8,10H2,1-2H3/t16-,18-,20-,22-,25-/m1/s1. The van der Waals surface area contributed by atoms with E-state index in [-0.39, 0.29) is 52.2 Å². The van der Waals surface area contributed by atoms with E-state index in [0.717, 1.165) is 6.07 Å². The number of hydrogen-bond donors (Lipinski definition) is 8. The lowest BCUT2D eigenvalue weighted by atomic mass is 9.96. The maximum Gasteiger partial charge on any atom is 0.238 e. The van der Waals surface area contributed by atoms with Crippen LogP contribution in [0.2, 0.25) is 0 Å². The molecular weight excluding hydrogens is 504 g/mol. The minimum Gasteiger partial charge on any atom is -0.508 e. The minimum absolute atomic E-state index is 0.0236. The van der Waals surface area contributed by atoms with Gasteiger partial charge in [-0.2, -0.15) is 0 Å². The zero-order valence-corrected chi connectivity index (χ0v) is 20.6. The average Bonchev–Trinajstić information content (AvgIpc) is 2.85. The summed E-state index contributed by atoms with van der Waals surface area (Å²) < 4.78 is 17.1. The van der Waals surface area contributed by atoms with E-state index < -0.39 is 59.8 Å². The number of phenolic OH excluding ortho intramolecular Hbond substituents is 2. The Kier molecular flexibility index (Phi) is 7.57. The maximum absolute atomic E-state index is 13.1. The summed E-state index contributed by atoms with van der Waals surface area (Å²) in [5.74, 6) is -1.87. The zero-order chi connectivity index (χ0) is 27.9. The molecule has 2 aromatic carbocycles. The maximum atomic E-state index is 13.1. The van der Waals surface area contributed by atoms with Crippen LogP contribution < -0.4 is 10.2 Å². The van der Waals surface area contributed by atoms with E-state index in [1.54, 1.807) is 13.8 Å². The van der Waals surface area contributed by atoms with E-state index in [4.69, 9.17) is 13.9 Å². The molecule has 12 heteroatoms. The number of aliphatic hydroxyl groups is 5. The summed E-state index contributed by atoms with van der Waals surface area (Å²) in [6.45, 7) is 2.42. The van der Waals surface area contributed by atoms with Crippen LogP contribution in [0, 0.1) is 0 Å². The second-order valence-electron chi connectivity index (χ2n) is 9.86. The second-order valence-corrected chi connectivity index (χ2v) is 9.86. The van der Waals surface area contributed by atoms with Gasteiger partial charge in [-0.1, -0.05) is 0 Å². The van der Waals surface area contributed by atoms with Crippen LogP contribution in [0.25, 0.3) is 22.3 Å². The molecule has 8 N–H and O–H groups in total. The molecule has 0 radical (unpaired) electrons. The van der Waals surface area contributed by atoms with Gasteiger partial charge in [0.2, 0.25) is 17.5 Å². The second kappa shape index (κ2) is 10.4. The van der Waals surface area contributed by atoms with Gasteiger partial charge in [-0.05, 0) is 51.0 Å². The molecule has 1 fully saturated rings. The normalized spacial score (nSPS) is 24.0. The van der Waals surface area contributed by atoms with Gasteiger partial charge in [0, 0.05) is 17.2 Å². The van der Waals surface area contributed by atoms with Crippen molar-refractivity contribution in [3.8, 4) is 34.3 Å². The third-order valence-electron chi connectivity index (χ3n) is 6.39. The van der Waals surface area contributed by atoms with Crippen LogP contribution in [0.3, 0.4) is 0 Å². The lowest BCUT2D eigenvalue weighted by Crippen LogP contribution is -2.60. The molecule has 3 aromatic rings. The molecule has 0 unspecified atom stereocenters. The summed E-state index contributed by atoms with van der Waals surface area (Å²) in [5.41, 5.74) is -1.90. The fraction of sp³-hybridized carbons (Fsp3) is 0.423. The lowest BCUT2D eigenvalue weighted by Gasteiger charge is -2.39. The van der Waals surface area contributed by atoms with Gasteiger partial charge in [0.15, 0.2) is 5.76 Å². The molecule has 0 amide bonds. The summed E-state index contributed by atoms with van der Waals surface area (Å²) in [6.07, 6.45) is -7.83. The van der Waals surface area contributed by atoms with Crippen molar-refractivity contribution in [1.82, 2.24) is 0 Å². The van der Waals surface area contributed by atoms with Gasteiger partial charge < -0.3 is 54.7 Å². The highest BCUT2D eigenvalue weighted by Crippen LogP contribution is 2.41. The van der Waals surface area contributed by atoms with E-state index in [9.17, 15) is 45.6 Å². The Morgan fingerprint density at radius 2 is 1.66 bits per heavy atom. The van der Waals surface area contributed by atoms with Crippen molar-refractivity contribution in [2.75, 3.05) is 6.61 Å². The third kappa shape index (κ3) is 5.27. The Hall–Kier alpha value is -3.39. The smallest absolute Gasteiger partial charge is 0.238 e. The number of benzene rings is 2. The molecule has 0 bridgehead atoms. The first-order chi connectivity index (χ1) is 17.8. The Labute approximate surface area is 216 Å². The van der Waals surface area contributed by atoms with Crippen molar-refractivity contribution >= 4 is 11.0 Å². The molecule has 1 aliphatic rings. The molecule has 0 saturated carbocycles. The van der Waals surface area contributed by atoms with Crippen molar-refractivity contribution in [2.45, 2.75) is 63.0 Å². The van der Waals surface area contributed by atoms with Gasteiger partial charge in [-0.3, -0.25) is 4.79 Å². The number of fused-ring (bicyclic) bond motifs is 1. The Balaban J connectivity index is 1.90. The van der Waals surface area contributed by atoms with Crippen LogP contribution in [0.1, 0.15) is 25.8 Å². The summed E-state index contributed by atoms with van der Waals surface area (Å²) in [5, 5.41) is 81.0. The summed E-state index contributed by atoms with van der Waals surface area (Å²) in [4.78, 5) is 13.1. The molecule has 4 rings (SSSR count). The fourth-order valence-corrected chi connectivity index (χ4v) is 4.24. The van der Waals surface area contributed by atoms with Crippen LogP contribution >= 0.6 is 0 Å². The Bertz CT molecular complexity index is 1360. The molecule has 0 spiro atoms. The fourth-order valence-electron chi connectivity index (χ4n) is 4.24. The molecular formula is C26H30O12. The highest BCUT2D eigenvalue weighted by molar-refractivity contribution is 5.91. The first-order valence-corrected chi connectivity index (χ1v) is 11.9. The number of hydrogen-bond acceptors (Lipinski definition) is 12. The van der Waals surface area contributed by atoms with Gasteiger partial charge in [-0.15, -0.1) is 0 Å². The van der Waals surface area contributed by atoms with Crippen LogP contribution in [0.5, 0.6) is 23.0 Å². The number of aliphatic hydroxyl groups excluding tert-OH is 4. The van der Waals surface area contributed by atoms with E-state index >= 15 is 0 Å². The van der Waals surface area contributed by atoms with Gasteiger partial charge in [0.1, 0.15) is 52.6 Å². The molecule has 206 valence electrons. The number of ether oxygens (including phenoxy) is 2. The van der Waals surface area contributed by atoms with Gasteiger partial charge in [0.05, 0.1) is 12.2 Å². The minimum atomic E-state index is -1.76. The molecule has 1 aromatic heterocycles. The van der Waals surface area contributed by atoms with Crippen LogP contribution in [-0.4, -0.2) is 83.8 Å². The van der Waals surface area contributed by atoms with Crippen molar-refractivity contribution < 1.29 is 54.7 Å². The van der Waals surface area contributed by atoms with Crippen molar-refractivity contribution in [2.24, 2.45) is 0 Å². The van der Waals surface area contributed by atoms with Gasteiger partial charge in [-0.25, -0.2) is 0 Å². The molecule has 0 aliphatic carbocycles. The highest BCUT2D eigenvalue weighted by atomic mass is 16.7. The molecule has 12 nitrogen and oxygen atoms in total. The van der Waals surface area contributed by atoms with E-state index in [2.05, 4.69) is 0 Å². The molecule has 1 aliphatic heterocycles. The van der Waals surface area contributed by atoms with E-state index in [1.165, 1.54) is 24.3 Å². The highest BCUT2D eigenvalue weighted by Gasteiger charge is 2.45. The van der Waals surface area contributed by atoms with Crippen molar-refractivity contribution in [1.29, 1.82) is 0 Å². The van der Waals surface area contributed by atoms with Crippen molar-refractivity contribution in [3.63, 3.8) is 0 Å². The van der Waals surface area contributed by atoms with Crippen LogP contribution in [-0.2, 0) is 11.2 Å². The number of aromatic hydroxyl groups is 3. The summed E-state index contributed by atoms with van der Waals surface area (Å²) >= 11 is 0. The third-order valence-corrected chi connectivity index (χ3v) is 6.39. The number of rotatable bonds is 7. The van der Waals surface area contributed by atoms with Crippen LogP contribution in [0.15, 0.2) is 39.5 Å². The number of aryl methyl sites for hydroxylation is 1. The van der Waals surface area contributed by atoms with E-state index in [0.29, 0.717) is 0 Å². The largest absolute Gasteiger partial charge is 0.508 e. The molecule has 5 atom stereocenters. The number of phenols is 2. The monoisotopic (exact) mass is 534 g/mol. The Morgan fingerprint density at radius 3 is 2.26 bits per heavy atom. The average molecular weight is 535 g/mol. The SMILES string of the molecule is CC(C)(O)CCc1c(O[C@@H]2O[C@H](CO)[C@@H](O)[C@@H](O)[C@H]2O)cc(O)c2c(=O)c(O)c(-c3ccc(O)cc3)oc12. The summed E-state index contributed by atoms with van der Waals surface area (Å²) in [6, 6.07) is 6.50. The van der Waals surface area contributed by atoms with E-state index in [1.807, 2.05) is 0 Å².